The highest BCUT2D eigenvalue weighted by Gasteiger charge is 2.26. The first-order valence-electron chi connectivity index (χ1n) is 7.54. The molecule has 0 aliphatic carbocycles. The van der Waals surface area contributed by atoms with Crippen LogP contribution in [0.1, 0.15) is 30.5 Å². The second-order valence-corrected chi connectivity index (χ2v) is 6.09. The van der Waals surface area contributed by atoms with Crippen LogP contribution in [0.15, 0.2) is 22.9 Å². The predicted octanol–water partition coefficient (Wildman–Crippen LogP) is 2.24. The van der Waals surface area contributed by atoms with Crippen molar-refractivity contribution in [3.63, 3.8) is 0 Å². The maximum Gasteiger partial charge on any atom is 0.239 e. The van der Waals surface area contributed by atoms with Gasteiger partial charge in [-0.05, 0) is 31.5 Å². The van der Waals surface area contributed by atoms with E-state index in [0.29, 0.717) is 23.3 Å². The van der Waals surface area contributed by atoms with Gasteiger partial charge in [-0.25, -0.2) is 4.98 Å². The van der Waals surface area contributed by atoms with Crippen molar-refractivity contribution in [2.75, 3.05) is 25.0 Å². The van der Waals surface area contributed by atoms with E-state index in [1.54, 1.807) is 19.1 Å². The number of pyridine rings is 1. The SMILES string of the molecule is Cc1nc(C2CCCN(CC(=O)Nc3ccc(Cl)cn3)C2)no1. The number of amides is 1. The number of nitrogens with one attached hydrogen (secondary N) is 1. The normalized spacial score (nSPS) is 18.8. The third-order valence-electron chi connectivity index (χ3n) is 3.78. The molecule has 1 amide bonds. The van der Waals surface area contributed by atoms with Crippen LogP contribution in [-0.4, -0.2) is 45.6 Å². The summed E-state index contributed by atoms with van der Waals surface area (Å²) in [6.07, 6.45) is 3.52. The molecule has 3 rings (SSSR count). The zero-order valence-corrected chi connectivity index (χ0v) is 13.6. The molecule has 1 saturated heterocycles. The molecule has 1 fully saturated rings. The Kier molecular flexibility index (Phi) is 4.88. The van der Waals surface area contributed by atoms with E-state index in [1.165, 1.54) is 6.20 Å². The van der Waals surface area contributed by atoms with Gasteiger partial charge in [-0.2, -0.15) is 4.98 Å². The highest BCUT2D eigenvalue weighted by molar-refractivity contribution is 6.30. The number of aromatic nitrogens is 3. The predicted molar refractivity (Wildman–Crippen MR) is 85.3 cm³/mol. The molecule has 23 heavy (non-hydrogen) atoms. The topological polar surface area (TPSA) is 84.2 Å². The molecule has 1 aliphatic heterocycles. The number of nitrogens with zero attached hydrogens (tertiary/aromatic N) is 4. The maximum atomic E-state index is 12.1. The summed E-state index contributed by atoms with van der Waals surface area (Å²) in [4.78, 5) is 22.6. The van der Waals surface area contributed by atoms with E-state index in [-0.39, 0.29) is 11.8 Å². The van der Waals surface area contributed by atoms with Gasteiger partial charge in [0, 0.05) is 25.6 Å². The molecule has 1 atom stereocenters. The van der Waals surface area contributed by atoms with Gasteiger partial charge >= 0.3 is 0 Å². The zero-order chi connectivity index (χ0) is 16.2. The summed E-state index contributed by atoms with van der Waals surface area (Å²) in [5.41, 5.74) is 0. The summed E-state index contributed by atoms with van der Waals surface area (Å²) >= 11 is 5.78. The average molecular weight is 336 g/mol. The van der Waals surface area contributed by atoms with Crippen LogP contribution in [-0.2, 0) is 4.79 Å². The minimum atomic E-state index is -0.0928. The molecule has 0 saturated carbocycles. The van der Waals surface area contributed by atoms with Gasteiger partial charge in [-0.3, -0.25) is 9.69 Å². The molecule has 2 aromatic heterocycles. The summed E-state index contributed by atoms with van der Waals surface area (Å²) in [6, 6.07) is 3.38. The number of likely N-dealkylation sites (tertiary alicyclic amines) is 1. The van der Waals surface area contributed by atoms with Gasteiger partial charge in [0.25, 0.3) is 0 Å². The van der Waals surface area contributed by atoms with Gasteiger partial charge in [0.05, 0.1) is 11.6 Å². The molecule has 0 spiro atoms. The summed E-state index contributed by atoms with van der Waals surface area (Å²) < 4.78 is 5.04. The van der Waals surface area contributed by atoms with Crippen molar-refractivity contribution in [2.45, 2.75) is 25.7 Å². The van der Waals surface area contributed by atoms with E-state index in [0.717, 1.165) is 31.8 Å². The third-order valence-corrected chi connectivity index (χ3v) is 4.00. The highest BCUT2D eigenvalue weighted by Crippen LogP contribution is 2.24. The van der Waals surface area contributed by atoms with Crippen molar-refractivity contribution in [3.05, 3.63) is 35.1 Å². The number of carbonyl (C=O) groups is 1. The van der Waals surface area contributed by atoms with Gasteiger partial charge in [0.1, 0.15) is 5.82 Å². The molecule has 3 heterocycles. The Morgan fingerprint density at radius 3 is 3.09 bits per heavy atom. The van der Waals surface area contributed by atoms with Crippen molar-refractivity contribution in [1.82, 2.24) is 20.0 Å². The summed E-state index contributed by atoms with van der Waals surface area (Å²) in [5.74, 6) is 1.92. The minimum absolute atomic E-state index is 0.0928. The lowest BCUT2D eigenvalue weighted by Gasteiger charge is -2.30. The molecule has 1 aliphatic rings. The van der Waals surface area contributed by atoms with Crippen LogP contribution >= 0.6 is 11.6 Å². The van der Waals surface area contributed by atoms with Crippen LogP contribution < -0.4 is 5.32 Å². The lowest BCUT2D eigenvalue weighted by atomic mass is 9.97. The summed E-state index contributed by atoms with van der Waals surface area (Å²) in [6.45, 7) is 3.73. The van der Waals surface area contributed by atoms with Crippen LogP contribution in [0.25, 0.3) is 0 Å². The molecule has 1 N–H and O–H groups in total. The van der Waals surface area contributed by atoms with Gasteiger partial charge in [-0.15, -0.1) is 0 Å². The standard InChI is InChI=1S/C15H18ClN5O2/c1-10-18-15(20-23-10)11-3-2-6-21(8-11)9-14(22)19-13-5-4-12(16)7-17-13/h4-5,7,11H,2-3,6,8-9H2,1H3,(H,17,19,22). The van der Waals surface area contributed by atoms with E-state index in [4.69, 9.17) is 16.1 Å². The fourth-order valence-corrected chi connectivity index (χ4v) is 2.84. The van der Waals surface area contributed by atoms with E-state index in [2.05, 4.69) is 25.3 Å². The molecule has 122 valence electrons. The number of carbonyl (C=O) groups excluding carboxylic acids is 1. The second-order valence-electron chi connectivity index (χ2n) is 5.66. The number of hydrogen-bond acceptors (Lipinski definition) is 6. The van der Waals surface area contributed by atoms with Gasteiger partial charge in [0.15, 0.2) is 5.82 Å². The number of aryl methyl sites for hydroxylation is 1. The molecule has 0 radical (unpaired) electrons. The Balaban J connectivity index is 1.54. The number of piperidine rings is 1. The van der Waals surface area contributed by atoms with Crippen molar-refractivity contribution in [1.29, 1.82) is 0 Å². The smallest absolute Gasteiger partial charge is 0.239 e. The Bertz CT molecular complexity index is 673. The van der Waals surface area contributed by atoms with E-state index < -0.39 is 0 Å². The first-order valence-corrected chi connectivity index (χ1v) is 7.92. The largest absolute Gasteiger partial charge is 0.340 e. The molecule has 2 aromatic rings. The quantitative estimate of drug-likeness (QED) is 0.922. The van der Waals surface area contributed by atoms with Crippen LogP contribution in [0.2, 0.25) is 5.02 Å². The lowest BCUT2D eigenvalue weighted by molar-refractivity contribution is -0.117. The molecule has 8 heteroatoms. The molecule has 1 unspecified atom stereocenters. The Morgan fingerprint density at radius 2 is 2.39 bits per heavy atom. The van der Waals surface area contributed by atoms with Crippen molar-refractivity contribution in [3.8, 4) is 0 Å². The molecular formula is C15H18ClN5O2. The van der Waals surface area contributed by atoms with Crippen molar-refractivity contribution < 1.29 is 9.32 Å². The van der Waals surface area contributed by atoms with Crippen LogP contribution in [0.5, 0.6) is 0 Å². The summed E-state index contributed by atoms with van der Waals surface area (Å²) in [5, 5.41) is 7.31. The number of hydrogen-bond donors (Lipinski definition) is 1. The number of anilines is 1. The first-order chi connectivity index (χ1) is 11.1. The fraction of sp³-hybridized carbons (Fsp3) is 0.467. The highest BCUT2D eigenvalue weighted by atomic mass is 35.5. The Hall–Kier alpha value is -1.99. The van der Waals surface area contributed by atoms with Crippen LogP contribution in [0.4, 0.5) is 5.82 Å². The third kappa shape index (κ3) is 4.27. The molecule has 0 aromatic carbocycles. The van der Waals surface area contributed by atoms with E-state index >= 15 is 0 Å². The first kappa shape index (κ1) is 15.9. The monoisotopic (exact) mass is 335 g/mol. The van der Waals surface area contributed by atoms with Crippen LogP contribution in [0.3, 0.4) is 0 Å². The molecule has 7 nitrogen and oxygen atoms in total. The Morgan fingerprint density at radius 1 is 1.52 bits per heavy atom. The van der Waals surface area contributed by atoms with Crippen molar-refractivity contribution >= 4 is 23.3 Å². The summed E-state index contributed by atoms with van der Waals surface area (Å²) in [7, 11) is 0. The molecule has 0 bridgehead atoms. The second kappa shape index (κ2) is 7.06. The van der Waals surface area contributed by atoms with Gasteiger partial charge < -0.3 is 9.84 Å². The fourth-order valence-electron chi connectivity index (χ4n) is 2.73. The number of rotatable bonds is 4. The van der Waals surface area contributed by atoms with Gasteiger partial charge in [-0.1, -0.05) is 16.8 Å². The zero-order valence-electron chi connectivity index (χ0n) is 12.8. The maximum absolute atomic E-state index is 12.1. The lowest BCUT2D eigenvalue weighted by Crippen LogP contribution is -2.40. The van der Waals surface area contributed by atoms with E-state index in [1.807, 2.05) is 0 Å². The minimum Gasteiger partial charge on any atom is -0.340 e. The van der Waals surface area contributed by atoms with E-state index in [9.17, 15) is 4.79 Å². The van der Waals surface area contributed by atoms with Gasteiger partial charge in [0.2, 0.25) is 11.8 Å². The average Bonchev–Trinajstić information content (AvgIpc) is 2.96. The number of halogens is 1. The van der Waals surface area contributed by atoms with Crippen LogP contribution in [0, 0.1) is 6.92 Å². The van der Waals surface area contributed by atoms with Crippen molar-refractivity contribution in [2.24, 2.45) is 0 Å². The Labute approximate surface area is 139 Å². The molecular weight excluding hydrogens is 318 g/mol.